The fraction of sp³-hybridized carbons (Fsp3) is 0.613. The lowest BCUT2D eigenvalue weighted by Crippen LogP contribution is -2.60. The Morgan fingerprint density at radius 2 is 0.574 bits per heavy atom. The second kappa shape index (κ2) is 53.0. The normalized spacial score (nSPS) is 13.5. The lowest BCUT2D eigenvalue weighted by atomic mass is 10.0. The van der Waals surface area contributed by atoms with Gasteiger partial charge in [0.25, 0.3) is 0 Å². The van der Waals surface area contributed by atoms with Crippen LogP contribution in [-0.4, -0.2) is 236 Å². The molecule has 0 saturated heterocycles. The van der Waals surface area contributed by atoms with Crippen molar-refractivity contribution in [2.24, 2.45) is 57.3 Å². The number of phenols is 1. The number of rotatable bonds is 56. The van der Waals surface area contributed by atoms with Gasteiger partial charge in [0.1, 0.15) is 60.1 Å². The number of aliphatic carboxylic acids is 1. The van der Waals surface area contributed by atoms with E-state index in [2.05, 4.69) is 85.1 Å². The maximum atomic E-state index is 14.7. The number of primary amides is 1. The number of aromatic hydroxyl groups is 1. The van der Waals surface area contributed by atoms with Crippen LogP contribution in [-0.2, 0) is 64.0 Å². The minimum Gasteiger partial charge on any atom is -0.508 e. The second-order valence-electron chi connectivity index (χ2n) is 24.9. The van der Waals surface area contributed by atoms with Crippen LogP contribution in [0.25, 0.3) is 0 Å². The van der Waals surface area contributed by atoms with Crippen LogP contribution in [0.4, 0.5) is 0 Å². The molecule has 606 valence electrons. The van der Waals surface area contributed by atoms with Crippen LogP contribution < -0.4 is 142 Å². The van der Waals surface area contributed by atoms with Crippen molar-refractivity contribution in [3.63, 3.8) is 0 Å². The number of hydrogen-bond acceptors (Lipinski definition) is 22. The van der Waals surface area contributed by atoms with E-state index in [9.17, 15) is 67.7 Å². The molecule has 0 aliphatic rings. The number of benzene rings is 1. The SMILES string of the molecule is N=C(N)NCCC[C@H](NC(=O)[C@H](CCCNC(=N)N)NC(=O)[C@H](CCCNC(=N)N)NC(=O)[C@H](CCC(N)=O)NC(=O)[C@H](CCCNC(=N)N)NC(=O)[C@H](CCCNC(=N)N)NC(=O)[C@H](CCCN)NC(=O)[C@H](CCCN)NC(=O)[C@H](CCCNC(=N)N)NC(=O)CNC(=O)[C@@H](N)Cc1ccc(O)cc1)C(=O)O. The smallest absolute Gasteiger partial charge is 0.326 e. The predicted octanol–water partition coefficient (Wildman–Crippen LogP) is -10.9. The van der Waals surface area contributed by atoms with E-state index in [1.54, 1.807) is 12.1 Å². The van der Waals surface area contributed by atoms with Gasteiger partial charge < -0.3 is 153 Å². The van der Waals surface area contributed by atoms with E-state index in [4.69, 9.17) is 89.8 Å². The first kappa shape index (κ1) is 94.2. The van der Waals surface area contributed by atoms with Crippen molar-refractivity contribution in [2.45, 2.75) is 182 Å². The van der Waals surface area contributed by atoms with E-state index < -0.39 is 175 Å². The largest absolute Gasteiger partial charge is 0.508 e. The maximum Gasteiger partial charge on any atom is 0.326 e. The lowest BCUT2D eigenvalue weighted by Gasteiger charge is -2.28. The van der Waals surface area contributed by atoms with Gasteiger partial charge in [-0.3, -0.25) is 85.2 Å². The Bertz CT molecular complexity index is 3170. The molecule has 1 rings (SSSR count). The number of nitrogens with two attached hydrogens (primary N) is 10. The standard InChI is InChI=1S/C62H114N32O14/c63-23-1-9-37(87-48(99)36(11-3-25-79-57(67)68)86-46(97)32-85-47(98)35(65)31-33-17-19-34(95)20-18-33)49(100)88-38(10-2-24-64)50(101)89-39(12-4-26-80-58(69)70)51(102)90-41(14-6-28-82-60(73)74)53(104)93-43(21-22-45(66)96)55(106)92-40(13-5-27-81-59(71)72)52(103)91-42(15-7-29-83-61(75)76)54(105)94-44(56(107)108)16-8-30-84-62(77)78/h17-20,35-44,95H,1-16,21-32,63-65H2,(H2,66,96)(H,85,98)(H,86,97)(H,87,99)(H,88,100)(H,89,101)(H,90,102)(H,91,103)(H,92,106)(H,93,104)(H,94,105)(H,107,108)(H4,67,68,79)(H4,69,70,80)(H4,71,72,81)(H4,73,74,82)(H4,75,76,83)(H4,77,78,84)/t35-,36-,37-,38-,39-,40-,41-,42-,43-,44-/m0/s1. The van der Waals surface area contributed by atoms with Crippen LogP contribution in [0.5, 0.6) is 5.75 Å². The Morgan fingerprint density at radius 1 is 0.333 bits per heavy atom. The Balaban J connectivity index is 3.81. The van der Waals surface area contributed by atoms with Gasteiger partial charge in [0, 0.05) is 45.7 Å². The summed E-state index contributed by atoms with van der Waals surface area (Å²) in [7, 11) is 0. The molecule has 1 aromatic rings. The molecule has 0 saturated carbocycles. The van der Waals surface area contributed by atoms with Gasteiger partial charge >= 0.3 is 5.97 Å². The lowest BCUT2D eigenvalue weighted by molar-refractivity contribution is -0.142. The van der Waals surface area contributed by atoms with Crippen LogP contribution in [0.1, 0.15) is 121 Å². The number of carboxylic acid groups (broad SMARTS) is 1. The first-order chi connectivity index (χ1) is 51.1. The summed E-state index contributed by atoms with van der Waals surface area (Å²) in [5, 5.41) is 106. The maximum absolute atomic E-state index is 14.7. The topological polar surface area (TPSA) is 841 Å². The van der Waals surface area contributed by atoms with Gasteiger partial charge in [0.05, 0.1) is 12.6 Å². The highest BCUT2D eigenvalue weighted by Gasteiger charge is 2.36. The minimum absolute atomic E-state index is 0.00160. The minimum atomic E-state index is -1.75. The summed E-state index contributed by atoms with van der Waals surface area (Å²) in [6, 6.07) is -9.06. The van der Waals surface area contributed by atoms with E-state index in [0.717, 1.165) is 0 Å². The summed E-state index contributed by atoms with van der Waals surface area (Å²) < 4.78 is 0. The number of guanidine groups is 6. The van der Waals surface area contributed by atoms with Gasteiger partial charge in [-0.1, -0.05) is 12.1 Å². The van der Waals surface area contributed by atoms with Gasteiger partial charge in [-0.25, -0.2) is 4.79 Å². The number of carbonyl (C=O) groups is 12. The first-order valence-corrected chi connectivity index (χ1v) is 35.0. The third-order valence-electron chi connectivity index (χ3n) is 15.8. The highest BCUT2D eigenvalue weighted by Crippen LogP contribution is 2.13. The predicted molar refractivity (Wildman–Crippen MR) is 398 cm³/mol. The van der Waals surface area contributed by atoms with Gasteiger partial charge in [-0.15, -0.1) is 0 Å². The molecule has 0 fully saturated rings. The fourth-order valence-electron chi connectivity index (χ4n) is 10.2. The van der Waals surface area contributed by atoms with Crippen molar-refractivity contribution < 1.29 is 67.7 Å². The third kappa shape index (κ3) is 42.8. The Labute approximate surface area is 624 Å². The average molecular weight is 1530 g/mol. The fourth-order valence-corrected chi connectivity index (χ4v) is 10.2. The number of phenolic OH excluding ortho intramolecular Hbond substituents is 1. The van der Waals surface area contributed by atoms with Crippen LogP contribution >= 0.6 is 0 Å². The highest BCUT2D eigenvalue weighted by atomic mass is 16.4. The van der Waals surface area contributed by atoms with Crippen molar-refractivity contribution in [2.75, 3.05) is 58.9 Å². The Hall–Kier alpha value is -11.8. The molecule has 0 aliphatic heterocycles. The summed E-state index contributed by atoms with van der Waals surface area (Å²) in [5.41, 5.74) is 56.7. The number of carboxylic acids is 1. The van der Waals surface area contributed by atoms with Crippen molar-refractivity contribution in [3.05, 3.63) is 29.8 Å². The number of amides is 11. The monoisotopic (exact) mass is 1530 g/mol. The van der Waals surface area contributed by atoms with Crippen LogP contribution in [0, 0.1) is 32.5 Å². The Morgan fingerprint density at radius 3 is 0.824 bits per heavy atom. The second-order valence-corrected chi connectivity index (χ2v) is 24.9. The van der Waals surface area contributed by atoms with Gasteiger partial charge in [0.2, 0.25) is 65.0 Å². The van der Waals surface area contributed by atoms with Crippen molar-refractivity contribution in [3.8, 4) is 5.75 Å². The summed E-state index contributed by atoms with van der Waals surface area (Å²) in [4.78, 5) is 166. The molecule has 0 unspecified atom stereocenters. The van der Waals surface area contributed by atoms with Crippen molar-refractivity contribution >= 4 is 107 Å². The highest BCUT2D eigenvalue weighted by molar-refractivity contribution is 5.99. The van der Waals surface area contributed by atoms with Crippen LogP contribution in [0.2, 0.25) is 0 Å². The quantitative estimate of drug-likeness (QED) is 0.0164. The van der Waals surface area contributed by atoms with Gasteiger partial charge in [-0.05, 0) is 146 Å². The molecule has 46 heteroatoms. The van der Waals surface area contributed by atoms with E-state index in [1.165, 1.54) is 12.1 Å². The molecule has 0 aromatic heterocycles. The molecule has 0 heterocycles. The van der Waals surface area contributed by atoms with E-state index in [1.807, 2.05) is 0 Å². The zero-order chi connectivity index (χ0) is 81.3. The molecule has 10 atom stereocenters. The van der Waals surface area contributed by atoms with Crippen molar-refractivity contribution in [1.29, 1.82) is 32.5 Å². The van der Waals surface area contributed by atoms with E-state index in [-0.39, 0.29) is 179 Å². The molecular weight excluding hydrogens is 1420 g/mol. The average Bonchev–Trinajstić information content (AvgIpc) is 0.858. The summed E-state index contributed by atoms with van der Waals surface area (Å²) in [6.07, 6.45) is -2.00. The van der Waals surface area contributed by atoms with Gasteiger partial charge in [-0.2, -0.15) is 0 Å². The molecule has 0 aliphatic carbocycles. The van der Waals surface area contributed by atoms with Gasteiger partial charge in [0.15, 0.2) is 35.8 Å². The summed E-state index contributed by atoms with van der Waals surface area (Å²) in [6.45, 7) is -0.590. The molecule has 108 heavy (non-hydrogen) atoms. The zero-order valence-electron chi connectivity index (χ0n) is 60.4. The van der Waals surface area contributed by atoms with E-state index >= 15 is 0 Å². The van der Waals surface area contributed by atoms with Crippen LogP contribution in [0.3, 0.4) is 0 Å². The molecule has 0 bridgehead atoms. The number of hydrogen-bond donors (Lipinski definition) is 34. The number of carbonyl (C=O) groups excluding carboxylic acids is 11. The summed E-state index contributed by atoms with van der Waals surface area (Å²) >= 11 is 0. The summed E-state index contributed by atoms with van der Waals surface area (Å²) in [5.74, 6) is -14.5. The molecule has 46 nitrogen and oxygen atoms in total. The first-order valence-electron chi connectivity index (χ1n) is 35.0. The number of nitrogens with one attached hydrogen (secondary N) is 22. The van der Waals surface area contributed by atoms with Crippen molar-refractivity contribution in [1.82, 2.24) is 85.1 Å². The van der Waals surface area contributed by atoms with E-state index in [0.29, 0.717) is 5.56 Å². The molecule has 0 spiro atoms. The molecule has 44 N–H and O–H groups in total. The Kier molecular flexibility index (Phi) is 46.2. The van der Waals surface area contributed by atoms with Crippen LogP contribution in [0.15, 0.2) is 24.3 Å². The molecule has 1 aromatic carbocycles. The molecular formula is C62H114N32O14. The third-order valence-corrected chi connectivity index (χ3v) is 15.8. The zero-order valence-corrected chi connectivity index (χ0v) is 60.4. The molecule has 0 radical (unpaired) electrons. The molecule has 11 amide bonds.